The van der Waals surface area contributed by atoms with Gasteiger partial charge >= 0.3 is 6.09 Å². The fourth-order valence-corrected chi connectivity index (χ4v) is 4.39. The zero-order valence-electron chi connectivity index (χ0n) is 16.9. The lowest BCUT2D eigenvalue weighted by molar-refractivity contribution is -0.137. The minimum atomic E-state index is -0.497. The number of carbonyl (C=O) groups excluding carboxylic acids is 2. The highest BCUT2D eigenvalue weighted by atomic mass is 16.6. The topological polar surface area (TPSA) is 49.9 Å². The lowest BCUT2D eigenvalue weighted by Gasteiger charge is -2.38. The van der Waals surface area contributed by atoms with Crippen molar-refractivity contribution in [2.75, 3.05) is 19.7 Å². The first kappa shape index (κ1) is 19.6. The zero-order chi connectivity index (χ0) is 20.2. The Balaban J connectivity index is 1.46. The summed E-state index contributed by atoms with van der Waals surface area (Å²) in [5.41, 5.74) is 2.35. The maximum atomic E-state index is 13.4. The van der Waals surface area contributed by atoms with Crippen LogP contribution in [-0.4, -0.2) is 47.5 Å². The van der Waals surface area contributed by atoms with Gasteiger partial charge in [-0.05, 0) is 36.4 Å². The van der Waals surface area contributed by atoms with Crippen molar-refractivity contribution in [3.8, 4) is 0 Å². The molecule has 2 aliphatic heterocycles. The zero-order valence-corrected chi connectivity index (χ0v) is 16.9. The molecule has 0 N–H and O–H groups in total. The van der Waals surface area contributed by atoms with E-state index in [-0.39, 0.29) is 30.4 Å². The molecule has 152 valence electrons. The Morgan fingerprint density at radius 3 is 2.38 bits per heavy atom. The van der Waals surface area contributed by atoms with Crippen molar-refractivity contribution in [2.24, 2.45) is 11.8 Å². The number of nitrogens with zero attached hydrogens (tertiary/aromatic N) is 2. The Morgan fingerprint density at radius 1 is 1.03 bits per heavy atom. The van der Waals surface area contributed by atoms with E-state index < -0.39 is 6.09 Å². The second-order valence-corrected chi connectivity index (χ2v) is 8.22. The van der Waals surface area contributed by atoms with E-state index in [4.69, 9.17) is 4.74 Å². The number of hydrogen-bond acceptors (Lipinski definition) is 4. The Morgan fingerprint density at radius 2 is 1.69 bits per heavy atom. The van der Waals surface area contributed by atoms with Gasteiger partial charge in [-0.2, -0.15) is 0 Å². The second-order valence-electron chi connectivity index (χ2n) is 8.22. The van der Waals surface area contributed by atoms with Gasteiger partial charge in [0.15, 0.2) is 0 Å². The summed E-state index contributed by atoms with van der Waals surface area (Å²) in [6.07, 6.45) is 1.09. The largest absolute Gasteiger partial charge is 0.447 e. The van der Waals surface area contributed by atoms with Crippen LogP contribution in [-0.2, 0) is 22.5 Å². The van der Waals surface area contributed by atoms with E-state index in [9.17, 15) is 9.59 Å². The number of ether oxygens (including phenoxy) is 1. The van der Waals surface area contributed by atoms with Crippen LogP contribution < -0.4 is 0 Å². The summed E-state index contributed by atoms with van der Waals surface area (Å²) in [7, 11) is 0. The van der Waals surface area contributed by atoms with Crippen LogP contribution in [0.2, 0.25) is 0 Å². The van der Waals surface area contributed by atoms with Crippen molar-refractivity contribution in [1.29, 1.82) is 0 Å². The third-order valence-electron chi connectivity index (χ3n) is 6.12. The van der Waals surface area contributed by atoms with Gasteiger partial charge in [0, 0.05) is 13.1 Å². The lowest BCUT2D eigenvalue weighted by atomic mass is 9.85. The van der Waals surface area contributed by atoms with E-state index in [0.717, 1.165) is 25.1 Å². The number of imide groups is 1. The molecule has 2 aliphatic rings. The second kappa shape index (κ2) is 8.78. The van der Waals surface area contributed by atoms with Crippen LogP contribution in [0.15, 0.2) is 60.7 Å². The average molecular weight is 392 g/mol. The first-order chi connectivity index (χ1) is 14.1. The Hall–Kier alpha value is -2.66. The molecule has 4 rings (SSSR count). The Bertz CT molecular complexity index is 840. The van der Waals surface area contributed by atoms with Gasteiger partial charge < -0.3 is 4.74 Å². The molecule has 5 nitrogen and oxygen atoms in total. The standard InChI is InChI=1S/C24H28N2O3/c1-18-12-13-25(15-20-10-6-3-7-11-20)16-22(18)23(27)26-21(17-29-24(26)28)14-19-8-4-2-5-9-19/h2-11,18,21-22H,12-17H2,1H3/t18?,21-,22+/m0/s1. The number of hydrogen-bond donors (Lipinski definition) is 0. The minimum Gasteiger partial charge on any atom is -0.447 e. The molecular formula is C24H28N2O3. The summed E-state index contributed by atoms with van der Waals surface area (Å²) in [6, 6.07) is 20.1. The smallest absolute Gasteiger partial charge is 0.416 e. The molecule has 0 aliphatic carbocycles. The predicted molar refractivity (Wildman–Crippen MR) is 111 cm³/mol. The summed E-state index contributed by atoms with van der Waals surface area (Å²) >= 11 is 0. The number of benzene rings is 2. The normalized spacial score (nSPS) is 25.1. The summed E-state index contributed by atoms with van der Waals surface area (Å²) in [5, 5.41) is 0. The molecule has 2 aromatic rings. The van der Waals surface area contributed by atoms with Gasteiger partial charge in [-0.25, -0.2) is 9.69 Å². The van der Waals surface area contributed by atoms with Crippen molar-refractivity contribution in [3.05, 3.63) is 71.8 Å². The van der Waals surface area contributed by atoms with Crippen molar-refractivity contribution >= 4 is 12.0 Å². The van der Waals surface area contributed by atoms with Gasteiger partial charge in [0.2, 0.25) is 5.91 Å². The van der Waals surface area contributed by atoms with E-state index in [1.807, 2.05) is 48.5 Å². The molecule has 2 fully saturated rings. The van der Waals surface area contributed by atoms with Crippen molar-refractivity contribution in [2.45, 2.75) is 32.4 Å². The van der Waals surface area contributed by atoms with Crippen molar-refractivity contribution < 1.29 is 14.3 Å². The van der Waals surface area contributed by atoms with Gasteiger partial charge in [-0.1, -0.05) is 67.6 Å². The molecule has 0 bridgehead atoms. The molecule has 2 saturated heterocycles. The van der Waals surface area contributed by atoms with Crippen LogP contribution in [0.5, 0.6) is 0 Å². The van der Waals surface area contributed by atoms with Crippen LogP contribution >= 0.6 is 0 Å². The molecule has 5 heteroatoms. The molecule has 0 spiro atoms. The van der Waals surface area contributed by atoms with Crippen LogP contribution in [0.1, 0.15) is 24.5 Å². The highest BCUT2D eigenvalue weighted by Gasteiger charge is 2.43. The number of piperidine rings is 1. The first-order valence-electron chi connectivity index (χ1n) is 10.4. The SMILES string of the molecule is CC1CCN(Cc2ccccc2)C[C@H]1C(=O)N1C(=O)OC[C@@H]1Cc1ccccc1. The monoisotopic (exact) mass is 392 g/mol. The summed E-state index contributed by atoms with van der Waals surface area (Å²) < 4.78 is 5.27. The van der Waals surface area contributed by atoms with Gasteiger partial charge in [0.1, 0.15) is 6.61 Å². The maximum Gasteiger partial charge on any atom is 0.416 e. The van der Waals surface area contributed by atoms with E-state index in [1.54, 1.807) is 0 Å². The van der Waals surface area contributed by atoms with Gasteiger partial charge in [-0.15, -0.1) is 0 Å². The van der Waals surface area contributed by atoms with Crippen LogP contribution in [0.3, 0.4) is 0 Å². The Kier molecular flexibility index (Phi) is 5.95. The third-order valence-corrected chi connectivity index (χ3v) is 6.12. The molecule has 2 amide bonds. The fraction of sp³-hybridized carbons (Fsp3) is 0.417. The number of carbonyl (C=O) groups is 2. The van der Waals surface area contributed by atoms with Gasteiger partial charge in [0.25, 0.3) is 0 Å². The van der Waals surface area contributed by atoms with Crippen LogP contribution in [0.4, 0.5) is 4.79 Å². The summed E-state index contributed by atoms with van der Waals surface area (Å²) in [5.74, 6) is -0.0182. The Labute approximate surface area is 172 Å². The van der Waals surface area contributed by atoms with E-state index in [2.05, 4.69) is 24.0 Å². The first-order valence-corrected chi connectivity index (χ1v) is 10.4. The van der Waals surface area contributed by atoms with Gasteiger partial charge in [-0.3, -0.25) is 9.69 Å². The molecule has 29 heavy (non-hydrogen) atoms. The van der Waals surface area contributed by atoms with E-state index >= 15 is 0 Å². The van der Waals surface area contributed by atoms with Crippen molar-refractivity contribution in [1.82, 2.24) is 9.80 Å². The molecule has 3 atom stereocenters. The number of amides is 2. The molecule has 0 radical (unpaired) electrons. The third kappa shape index (κ3) is 4.51. The average Bonchev–Trinajstić information content (AvgIpc) is 3.10. The molecule has 2 heterocycles. The van der Waals surface area contributed by atoms with E-state index in [0.29, 0.717) is 13.0 Å². The summed E-state index contributed by atoms with van der Waals surface area (Å²) in [6.45, 7) is 4.87. The highest BCUT2D eigenvalue weighted by Crippen LogP contribution is 2.29. The molecular weight excluding hydrogens is 364 g/mol. The minimum absolute atomic E-state index is 0.0845. The van der Waals surface area contributed by atoms with Crippen LogP contribution in [0, 0.1) is 11.8 Å². The molecule has 0 saturated carbocycles. The number of likely N-dealkylation sites (tertiary alicyclic amines) is 1. The van der Waals surface area contributed by atoms with E-state index in [1.165, 1.54) is 10.5 Å². The number of rotatable bonds is 5. The summed E-state index contributed by atoms with van der Waals surface area (Å²) in [4.78, 5) is 29.5. The molecule has 1 unspecified atom stereocenters. The quantitative estimate of drug-likeness (QED) is 0.778. The lowest BCUT2D eigenvalue weighted by Crippen LogP contribution is -2.50. The number of cyclic esters (lactones) is 1. The molecule has 2 aromatic carbocycles. The fourth-order valence-electron chi connectivity index (χ4n) is 4.39. The van der Waals surface area contributed by atoms with Crippen molar-refractivity contribution in [3.63, 3.8) is 0 Å². The maximum absolute atomic E-state index is 13.4. The molecule has 0 aromatic heterocycles. The van der Waals surface area contributed by atoms with Gasteiger partial charge in [0.05, 0.1) is 12.0 Å². The highest BCUT2D eigenvalue weighted by molar-refractivity contribution is 5.95. The van der Waals surface area contributed by atoms with Crippen LogP contribution in [0.25, 0.3) is 0 Å². The predicted octanol–water partition coefficient (Wildman–Crippen LogP) is 3.73.